The molecule has 0 bridgehead atoms. The van der Waals surface area contributed by atoms with E-state index in [0.717, 1.165) is 50.1 Å². The Kier molecular flexibility index (Phi) is 7.18. The fourth-order valence-electron chi connectivity index (χ4n) is 7.74. The second kappa shape index (κ2) is 12.5. The third kappa shape index (κ3) is 5.12. The van der Waals surface area contributed by atoms with Crippen LogP contribution in [0.5, 0.6) is 0 Å². The molecule has 0 aliphatic carbocycles. The molecule has 2 heteroatoms. The summed E-state index contributed by atoms with van der Waals surface area (Å²) < 4.78 is 6.39. The molecule has 244 valence electrons. The normalized spacial score (nSPS) is 11.5. The first kappa shape index (κ1) is 30.0. The summed E-state index contributed by atoms with van der Waals surface area (Å²) in [6.07, 6.45) is 0. The second-order valence-electron chi connectivity index (χ2n) is 13.3. The van der Waals surface area contributed by atoms with E-state index in [1.165, 1.54) is 43.8 Å². The number of hydrogen-bond acceptors (Lipinski definition) is 2. The molecular weight excluding hydrogens is 631 g/mol. The van der Waals surface area contributed by atoms with Gasteiger partial charge in [-0.15, -0.1) is 0 Å². The van der Waals surface area contributed by atoms with E-state index in [9.17, 15) is 0 Å². The zero-order valence-electron chi connectivity index (χ0n) is 28.4. The third-order valence-electron chi connectivity index (χ3n) is 10.3. The van der Waals surface area contributed by atoms with E-state index >= 15 is 0 Å². The van der Waals surface area contributed by atoms with Gasteiger partial charge in [0.2, 0.25) is 0 Å². The van der Waals surface area contributed by atoms with Gasteiger partial charge in [0, 0.05) is 33.1 Å². The summed E-state index contributed by atoms with van der Waals surface area (Å²) in [5.41, 5.74) is 12.2. The molecular formula is C50H33NO. The summed E-state index contributed by atoms with van der Waals surface area (Å²) in [5, 5.41) is 7.21. The van der Waals surface area contributed by atoms with Gasteiger partial charge in [-0.2, -0.15) is 0 Å². The van der Waals surface area contributed by atoms with Crippen molar-refractivity contribution in [2.24, 2.45) is 0 Å². The highest BCUT2D eigenvalue weighted by Gasteiger charge is 2.17. The van der Waals surface area contributed by atoms with Crippen molar-refractivity contribution in [1.29, 1.82) is 0 Å². The number of hydrogen-bond donors (Lipinski definition) is 0. The van der Waals surface area contributed by atoms with Crippen LogP contribution in [0, 0.1) is 0 Å². The summed E-state index contributed by atoms with van der Waals surface area (Å²) in [7, 11) is 0. The first-order chi connectivity index (χ1) is 25.8. The minimum Gasteiger partial charge on any atom is -0.455 e. The fraction of sp³-hybridized carbons (Fsp3) is 0. The average molecular weight is 664 g/mol. The molecule has 0 unspecified atom stereocenters. The fourth-order valence-corrected chi connectivity index (χ4v) is 7.74. The molecule has 1 aromatic heterocycles. The van der Waals surface area contributed by atoms with Gasteiger partial charge in [0.1, 0.15) is 11.2 Å². The Balaban J connectivity index is 1.05. The highest BCUT2D eigenvalue weighted by molar-refractivity contribution is 6.09. The van der Waals surface area contributed by atoms with Gasteiger partial charge in [-0.25, -0.2) is 0 Å². The summed E-state index contributed by atoms with van der Waals surface area (Å²) in [4.78, 5) is 2.37. The smallest absolute Gasteiger partial charge is 0.143 e. The van der Waals surface area contributed by atoms with E-state index in [0.29, 0.717) is 0 Å². The van der Waals surface area contributed by atoms with Gasteiger partial charge in [0.05, 0.1) is 5.69 Å². The number of rotatable bonds is 6. The monoisotopic (exact) mass is 663 g/mol. The molecule has 0 spiro atoms. The third-order valence-corrected chi connectivity index (χ3v) is 10.3. The van der Waals surface area contributed by atoms with Gasteiger partial charge in [-0.3, -0.25) is 0 Å². The Morgan fingerprint density at radius 2 is 0.865 bits per heavy atom. The van der Waals surface area contributed by atoms with Crippen LogP contribution in [0.1, 0.15) is 0 Å². The number of fused-ring (bicyclic) bond motifs is 5. The van der Waals surface area contributed by atoms with Crippen molar-refractivity contribution in [2.45, 2.75) is 0 Å². The van der Waals surface area contributed by atoms with Crippen LogP contribution in [0.4, 0.5) is 17.1 Å². The van der Waals surface area contributed by atoms with E-state index in [-0.39, 0.29) is 0 Å². The maximum atomic E-state index is 6.39. The molecule has 0 atom stereocenters. The SMILES string of the molecule is c1cc(-c2ccc(N(c3ccc(-c4cccc5c4oc4ccccc45)cc3)c3cccc4ccccc34)cc2)cc(-c2cccc3ccccc23)c1. The zero-order valence-corrected chi connectivity index (χ0v) is 28.4. The molecule has 0 N–H and O–H groups in total. The van der Waals surface area contributed by atoms with Crippen molar-refractivity contribution in [3.63, 3.8) is 0 Å². The Labute approximate surface area is 302 Å². The minimum atomic E-state index is 0.910. The van der Waals surface area contributed by atoms with Crippen molar-refractivity contribution in [1.82, 2.24) is 0 Å². The van der Waals surface area contributed by atoms with Gasteiger partial charge in [-0.05, 0) is 86.4 Å². The predicted molar refractivity (Wildman–Crippen MR) is 220 cm³/mol. The van der Waals surface area contributed by atoms with Crippen molar-refractivity contribution in [2.75, 3.05) is 4.90 Å². The maximum Gasteiger partial charge on any atom is 0.143 e. The van der Waals surface area contributed by atoms with Gasteiger partial charge in [0.15, 0.2) is 0 Å². The molecule has 10 aromatic rings. The van der Waals surface area contributed by atoms with Gasteiger partial charge in [0.25, 0.3) is 0 Å². The van der Waals surface area contributed by atoms with Gasteiger partial charge in [-0.1, -0.05) is 158 Å². The van der Waals surface area contributed by atoms with Crippen LogP contribution in [-0.4, -0.2) is 0 Å². The molecule has 0 amide bonds. The lowest BCUT2D eigenvalue weighted by Crippen LogP contribution is -2.10. The lowest BCUT2D eigenvalue weighted by molar-refractivity contribution is 0.670. The van der Waals surface area contributed by atoms with Crippen LogP contribution in [0.15, 0.2) is 205 Å². The molecule has 9 aromatic carbocycles. The Hall–Kier alpha value is -6.90. The van der Waals surface area contributed by atoms with E-state index < -0.39 is 0 Å². The topological polar surface area (TPSA) is 16.4 Å². The van der Waals surface area contributed by atoms with E-state index in [4.69, 9.17) is 4.42 Å². The van der Waals surface area contributed by atoms with Crippen molar-refractivity contribution < 1.29 is 4.42 Å². The standard InChI is InChI=1S/C50H33NO/c1-3-17-42-35(11-1)13-8-20-43(42)39-16-7-15-38(33-39)34-25-29-40(30-26-34)51(48-23-9-14-36-12-2-4-18-44(36)48)41-31-27-37(28-32-41)45-21-10-22-47-46-19-5-6-24-49(46)52-50(45)47/h1-33H. The Morgan fingerprint density at radius 3 is 1.65 bits per heavy atom. The predicted octanol–water partition coefficient (Wildman–Crippen LogP) is 14.4. The number of para-hydroxylation sites is 2. The van der Waals surface area contributed by atoms with Crippen LogP contribution in [0.2, 0.25) is 0 Å². The quantitative estimate of drug-likeness (QED) is 0.176. The van der Waals surface area contributed by atoms with E-state index in [1.807, 2.05) is 12.1 Å². The Morgan fingerprint density at radius 1 is 0.327 bits per heavy atom. The summed E-state index contributed by atoms with van der Waals surface area (Å²) in [6.45, 7) is 0. The number of nitrogens with zero attached hydrogens (tertiary/aromatic N) is 1. The molecule has 0 aliphatic heterocycles. The zero-order chi connectivity index (χ0) is 34.4. The largest absolute Gasteiger partial charge is 0.455 e. The van der Waals surface area contributed by atoms with Crippen LogP contribution in [0.3, 0.4) is 0 Å². The van der Waals surface area contributed by atoms with Crippen molar-refractivity contribution in [3.05, 3.63) is 200 Å². The summed E-state index contributed by atoms with van der Waals surface area (Å²) in [5.74, 6) is 0. The second-order valence-corrected chi connectivity index (χ2v) is 13.3. The minimum absolute atomic E-state index is 0.910. The molecule has 10 rings (SSSR count). The van der Waals surface area contributed by atoms with Crippen molar-refractivity contribution >= 4 is 60.5 Å². The van der Waals surface area contributed by atoms with Crippen LogP contribution < -0.4 is 4.90 Å². The van der Waals surface area contributed by atoms with Crippen LogP contribution >= 0.6 is 0 Å². The molecule has 0 radical (unpaired) electrons. The highest BCUT2D eigenvalue weighted by Crippen LogP contribution is 2.42. The van der Waals surface area contributed by atoms with Crippen LogP contribution in [-0.2, 0) is 0 Å². The molecule has 0 saturated heterocycles. The highest BCUT2D eigenvalue weighted by atomic mass is 16.3. The number of benzene rings is 9. The maximum absolute atomic E-state index is 6.39. The van der Waals surface area contributed by atoms with Gasteiger partial charge >= 0.3 is 0 Å². The van der Waals surface area contributed by atoms with E-state index in [1.54, 1.807) is 0 Å². The molecule has 0 aliphatic rings. The summed E-state index contributed by atoms with van der Waals surface area (Å²) in [6, 6.07) is 71.7. The van der Waals surface area contributed by atoms with Gasteiger partial charge < -0.3 is 9.32 Å². The first-order valence-electron chi connectivity index (χ1n) is 17.8. The lowest BCUT2D eigenvalue weighted by atomic mass is 9.95. The molecule has 1 heterocycles. The van der Waals surface area contributed by atoms with Crippen molar-refractivity contribution in [3.8, 4) is 33.4 Å². The van der Waals surface area contributed by atoms with Crippen LogP contribution in [0.25, 0.3) is 76.9 Å². The number of anilines is 3. The molecule has 0 fully saturated rings. The molecule has 52 heavy (non-hydrogen) atoms. The van der Waals surface area contributed by atoms with E-state index in [2.05, 4.69) is 193 Å². The number of furan rings is 1. The molecule has 2 nitrogen and oxygen atoms in total. The molecule has 0 saturated carbocycles. The lowest BCUT2D eigenvalue weighted by Gasteiger charge is -2.27. The summed E-state index contributed by atoms with van der Waals surface area (Å²) >= 11 is 0. The average Bonchev–Trinajstić information content (AvgIpc) is 3.61. The first-order valence-corrected chi connectivity index (χ1v) is 17.8. The Bertz CT molecular complexity index is 2890.